The number of guanidine groups is 1. The molecule has 1 aliphatic rings. The fraction of sp³-hybridized carbons (Fsp3) is 0.500. The first-order chi connectivity index (χ1) is 11.9. The van der Waals surface area contributed by atoms with Crippen molar-refractivity contribution < 1.29 is 17.6 Å². The van der Waals surface area contributed by atoms with Gasteiger partial charge < -0.3 is 16.0 Å². The first kappa shape index (κ1) is 22.6. The molecule has 1 aromatic rings. The summed E-state index contributed by atoms with van der Waals surface area (Å²) in [7, 11) is -1.40. The van der Waals surface area contributed by atoms with Gasteiger partial charge in [0.1, 0.15) is 5.82 Å². The molecule has 0 aromatic heterocycles. The highest BCUT2D eigenvalue weighted by atomic mass is 127. The van der Waals surface area contributed by atoms with Gasteiger partial charge >= 0.3 is 0 Å². The zero-order valence-electron chi connectivity index (χ0n) is 14.5. The third kappa shape index (κ3) is 7.85. The lowest BCUT2D eigenvalue weighted by molar-refractivity contribution is -0.121. The highest BCUT2D eigenvalue weighted by Gasteiger charge is 2.28. The molecule has 0 radical (unpaired) electrons. The van der Waals surface area contributed by atoms with Crippen LogP contribution in [0.15, 0.2) is 29.3 Å². The average Bonchev–Trinajstić information content (AvgIpc) is 2.89. The summed E-state index contributed by atoms with van der Waals surface area (Å²) in [5.74, 6) is 0.152. The van der Waals surface area contributed by atoms with Gasteiger partial charge in [-0.15, -0.1) is 24.0 Å². The Morgan fingerprint density at radius 3 is 2.73 bits per heavy atom. The molecule has 1 fully saturated rings. The Morgan fingerprint density at radius 1 is 1.35 bits per heavy atom. The van der Waals surface area contributed by atoms with Crippen molar-refractivity contribution in [2.75, 3.05) is 25.1 Å². The minimum Gasteiger partial charge on any atom is -0.356 e. The van der Waals surface area contributed by atoms with E-state index in [-0.39, 0.29) is 59.7 Å². The zero-order valence-corrected chi connectivity index (χ0v) is 17.6. The van der Waals surface area contributed by atoms with Gasteiger partial charge in [0.25, 0.3) is 0 Å². The van der Waals surface area contributed by atoms with E-state index < -0.39 is 9.84 Å². The summed E-state index contributed by atoms with van der Waals surface area (Å²) in [6.45, 7) is 0.762. The smallest absolute Gasteiger partial charge is 0.222 e. The SMILES string of the molecule is CN=C(NCCC(=O)NC1CCS(=O)(=O)C1)NCc1cccc(F)c1.I. The highest BCUT2D eigenvalue weighted by Crippen LogP contribution is 2.11. The number of halogens is 2. The number of carbonyl (C=O) groups excluding carboxylic acids is 1. The van der Waals surface area contributed by atoms with Crippen LogP contribution < -0.4 is 16.0 Å². The van der Waals surface area contributed by atoms with E-state index in [9.17, 15) is 17.6 Å². The van der Waals surface area contributed by atoms with Crippen molar-refractivity contribution >= 4 is 45.7 Å². The van der Waals surface area contributed by atoms with Gasteiger partial charge in [-0.3, -0.25) is 9.79 Å². The van der Waals surface area contributed by atoms with Crippen LogP contribution in [0, 0.1) is 5.82 Å². The van der Waals surface area contributed by atoms with E-state index in [0.717, 1.165) is 5.56 Å². The van der Waals surface area contributed by atoms with Gasteiger partial charge in [-0.05, 0) is 24.1 Å². The number of hydrogen-bond donors (Lipinski definition) is 3. The molecule has 26 heavy (non-hydrogen) atoms. The number of nitrogens with one attached hydrogen (secondary N) is 3. The van der Waals surface area contributed by atoms with Crippen molar-refractivity contribution in [3.05, 3.63) is 35.6 Å². The summed E-state index contributed by atoms with van der Waals surface area (Å²) in [6, 6.07) is 5.96. The third-order valence-corrected chi connectivity index (χ3v) is 5.58. The first-order valence-corrected chi connectivity index (χ1v) is 9.89. The molecule has 1 saturated heterocycles. The van der Waals surface area contributed by atoms with Crippen molar-refractivity contribution in [2.45, 2.75) is 25.4 Å². The van der Waals surface area contributed by atoms with Gasteiger partial charge in [-0.1, -0.05) is 12.1 Å². The molecule has 1 aromatic carbocycles. The molecule has 1 unspecified atom stereocenters. The number of hydrogen-bond acceptors (Lipinski definition) is 4. The number of rotatable bonds is 6. The summed E-state index contributed by atoms with van der Waals surface area (Å²) in [5, 5.41) is 8.75. The van der Waals surface area contributed by atoms with Crippen LogP contribution in [0.4, 0.5) is 4.39 Å². The topological polar surface area (TPSA) is 99.7 Å². The molecule has 0 aliphatic carbocycles. The largest absolute Gasteiger partial charge is 0.356 e. The van der Waals surface area contributed by atoms with Gasteiger partial charge in [0, 0.05) is 32.6 Å². The van der Waals surface area contributed by atoms with E-state index in [1.165, 1.54) is 12.1 Å². The summed E-state index contributed by atoms with van der Waals surface area (Å²) >= 11 is 0. The number of carbonyl (C=O) groups is 1. The normalized spacial score (nSPS) is 18.7. The lowest BCUT2D eigenvalue weighted by Gasteiger charge is -2.13. The minimum absolute atomic E-state index is 0. The van der Waals surface area contributed by atoms with Crippen molar-refractivity contribution in [3.8, 4) is 0 Å². The van der Waals surface area contributed by atoms with E-state index >= 15 is 0 Å². The number of benzene rings is 1. The van der Waals surface area contributed by atoms with E-state index in [0.29, 0.717) is 25.5 Å². The lowest BCUT2D eigenvalue weighted by atomic mass is 10.2. The number of amides is 1. The van der Waals surface area contributed by atoms with Gasteiger partial charge in [0.15, 0.2) is 15.8 Å². The van der Waals surface area contributed by atoms with Crippen LogP contribution in [-0.2, 0) is 21.2 Å². The van der Waals surface area contributed by atoms with Crippen LogP contribution in [0.2, 0.25) is 0 Å². The highest BCUT2D eigenvalue weighted by molar-refractivity contribution is 14.0. The van der Waals surface area contributed by atoms with Crippen LogP contribution in [0.25, 0.3) is 0 Å². The van der Waals surface area contributed by atoms with Crippen molar-refractivity contribution in [3.63, 3.8) is 0 Å². The van der Waals surface area contributed by atoms with E-state index in [1.807, 2.05) is 0 Å². The molecule has 1 atom stereocenters. The summed E-state index contributed by atoms with van der Waals surface area (Å²) in [6.07, 6.45) is 0.676. The molecular formula is C16H24FIN4O3S. The maximum atomic E-state index is 13.1. The molecule has 1 amide bonds. The third-order valence-electron chi connectivity index (χ3n) is 3.81. The molecule has 1 aliphatic heterocycles. The molecule has 0 bridgehead atoms. The Morgan fingerprint density at radius 2 is 2.12 bits per heavy atom. The molecule has 1 heterocycles. The van der Waals surface area contributed by atoms with Crippen LogP contribution in [0.5, 0.6) is 0 Å². The lowest BCUT2D eigenvalue weighted by Crippen LogP contribution is -2.40. The predicted octanol–water partition coefficient (Wildman–Crippen LogP) is 0.802. The van der Waals surface area contributed by atoms with Gasteiger partial charge in [-0.2, -0.15) is 0 Å². The Kier molecular flexibility index (Phi) is 9.27. The Balaban J connectivity index is 0.00000338. The Hall–Kier alpha value is -1.43. The minimum atomic E-state index is -3.00. The van der Waals surface area contributed by atoms with E-state index in [2.05, 4.69) is 20.9 Å². The molecule has 0 saturated carbocycles. The van der Waals surface area contributed by atoms with E-state index in [1.54, 1.807) is 19.2 Å². The zero-order chi connectivity index (χ0) is 18.3. The van der Waals surface area contributed by atoms with Crippen molar-refractivity contribution in [1.82, 2.24) is 16.0 Å². The molecule has 0 spiro atoms. The monoisotopic (exact) mass is 498 g/mol. The van der Waals surface area contributed by atoms with Gasteiger partial charge in [0.2, 0.25) is 5.91 Å². The predicted molar refractivity (Wildman–Crippen MR) is 110 cm³/mol. The molecule has 2 rings (SSSR count). The summed E-state index contributed by atoms with van der Waals surface area (Å²) < 4.78 is 35.9. The van der Waals surface area contributed by atoms with Crippen LogP contribution in [0.3, 0.4) is 0 Å². The van der Waals surface area contributed by atoms with Gasteiger partial charge in [-0.25, -0.2) is 12.8 Å². The fourth-order valence-corrected chi connectivity index (χ4v) is 4.23. The second kappa shape index (κ2) is 10.7. The number of nitrogens with zero attached hydrogens (tertiary/aromatic N) is 1. The first-order valence-electron chi connectivity index (χ1n) is 8.07. The van der Waals surface area contributed by atoms with Gasteiger partial charge in [0.05, 0.1) is 11.5 Å². The molecular weight excluding hydrogens is 474 g/mol. The Bertz CT molecular complexity index is 743. The molecule has 146 valence electrons. The second-order valence-electron chi connectivity index (χ2n) is 5.90. The van der Waals surface area contributed by atoms with Crippen molar-refractivity contribution in [2.24, 2.45) is 4.99 Å². The summed E-state index contributed by atoms with van der Waals surface area (Å²) in [4.78, 5) is 15.9. The van der Waals surface area contributed by atoms with Crippen molar-refractivity contribution in [1.29, 1.82) is 0 Å². The second-order valence-corrected chi connectivity index (χ2v) is 8.13. The average molecular weight is 498 g/mol. The van der Waals surface area contributed by atoms with E-state index in [4.69, 9.17) is 0 Å². The quantitative estimate of drug-likeness (QED) is 0.306. The van der Waals surface area contributed by atoms with Crippen LogP contribution >= 0.6 is 24.0 Å². The molecule has 7 nitrogen and oxygen atoms in total. The van der Waals surface area contributed by atoms with Crippen LogP contribution in [-0.4, -0.2) is 51.4 Å². The maximum absolute atomic E-state index is 13.1. The fourth-order valence-electron chi connectivity index (χ4n) is 2.56. The van der Waals surface area contributed by atoms with Crippen LogP contribution in [0.1, 0.15) is 18.4 Å². The summed E-state index contributed by atoms with van der Waals surface area (Å²) in [5.41, 5.74) is 0.781. The number of aliphatic imine (C=N–C) groups is 1. The molecule has 10 heteroatoms. The standard InChI is InChI=1S/C16H23FN4O3S.HI/c1-18-16(20-10-12-3-2-4-13(17)9-12)19-7-5-15(22)21-14-6-8-25(23,24)11-14;/h2-4,9,14H,5-8,10-11H2,1H3,(H,21,22)(H2,18,19,20);1H. The Labute approximate surface area is 170 Å². The maximum Gasteiger partial charge on any atom is 0.222 e. The molecule has 3 N–H and O–H groups in total. The number of sulfone groups is 1.